The average Bonchev–Trinajstić information content (AvgIpc) is 3.46. The number of hydrogen-bond donors (Lipinski definition) is 3. The molecule has 0 spiro atoms. The van der Waals surface area contributed by atoms with Gasteiger partial charge in [-0.2, -0.15) is 0 Å². The zero-order chi connectivity index (χ0) is 34.3. The van der Waals surface area contributed by atoms with E-state index >= 15 is 0 Å². The summed E-state index contributed by atoms with van der Waals surface area (Å²) in [7, 11) is 1.64. The number of methoxy groups -OCH3 is 1. The third kappa shape index (κ3) is 9.96. The maximum atomic E-state index is 13.4. The van der Waals surface area contributed by atoms with Crippen LogP contribution in [-0.2, 0) is 6.54 Å². The average molecular weight is 645 g/mol. The first-order valence-electron chi connectivity index (χ1n) is 16.2. The molecule has 1 amide bonds. The normalized spacial score (nSPS) is 12.9. The number of nitrogens with zero attached hydrogens (tertiary/aromatic N) is 5. The summed E-state index contributed by atoms with van der Waals surface area (Å²) < 4.78 is 20.8. The molecule has 3 aromatic carbocycles. The topological polar surface area (TPSA) is 141 Å². The van der Waals surface area contributed by atoms with Gasteiger partial charge < -0.3 is 36.3 Å². The third-order valence-corrected chi connectivity index (χ3v) is 7.41. The van der Waals surface area contributed by atoms with Crippen molar-refractivity contribution in [2.75, 3.05) is 44.7 Å². The standard InChI is InChI=1S/C30H32FN5O2.C4H11N3.C2H6/c1-3-5-24(32)20-36-28-13-8-22(19-27(28)33-29(36)21-6-4-7-26(18-21)38-2)30(37)35-16-14-34(15-17-35)25-11-9-23(31)10-12-25;1-2-3-7-4(5)6;1-2/h4-13,18-19H,3,14-17,20,32H2,1-2H3;2-3H2,1H3,(H4,5,6,7);1-2H3/b24-5+;;. The van der Waals surface area contributed by atoms with E-state index in [1.165, 1.54) is 12.1 Å². The fourth-order valence-electron chi connectivity index (χ4n) is 5.16. The van der Waals surface area contributed by atoms with Gasteiger partial charge in [0.25, 0.3) is 5.91 Å². The molecule has 0 unspecified atom stereocenters. The SMILES string of the molecule is CC.CC/C=C(/N)Cn1c(-c2cccc(OC)c2)nc2cc(C(=O)N3CCN(c4ccc(F)cc4)CC3)ccc21.CCCN=C(N)N. The highest BCUT2D eigenvalue weighted by Crippen LogP contribution is 2.29. The minimum Gasteiger partial charge on any atom is -0.497 e. The molecule has 4 aromatic rings. The Balaban J connectivity index is 0.000000593. The van der Waals surface area contributed by atoms with Crippen LogP contribution in [0.1, 0.15) is 50.9 Å². The van der Waals surface area contributed by atoms with Crippen molar-refractivity contribution in [2.24, 2.45) is 22.2 Å². The molecular weight excluding hydrogens is 595 g/mol. The first-order chi connectivity index (χ1) is 22.7. The number of anilines is 1. The van der Waals surface area contributed by atoms with Crippen LogP contribution in [0.15, 0.2) is 83.5 Å². The molecule has 1 aliphatic rings. The number of halogens is 1. The van der Waals surface area contributed by atoms with Crippen molar-refractivity contribution in [2.45, 2.75) is 47.1 Å². The number of carbonyl (C=O) groups excluding carboxylic acids is 1. The number of piperazine rings is 1. The van der Waals surface area contributed by atoms with E-state index in [2.05, 4.69) is 21.4 Å². The lowest BCUT2D eigenvalue weighted by molar-refractivity contribution is 0.0747. The number of rotatable bonds is 9. The minimum absolute atomic E-state index is 0.0199. The summed E-state index contributed by atoms with van der Waals surface area (Å²) in [5, 5.41) is 0. The second-order valence-corrected chi connectivity index (χ2v) is 10.7. The summed E-state index contributed by atoms with van der Waals surface area (Å²) in [6.07, 6.45) is 3.85. The molecule has 1 saturated heterocycles. The van der Waals surface area contributed by atoms with E-state index in [0.717, 1.165) is 58.9 Å². The number of nitrogens with two attached hydrogens (primary N) is 3. The monoisotopic (exact) mass is 644 g/mol. The summed E-state index contributed by atoms with van der Waals surface area (Å²) in [6.45, 7) is 11.9. The van der Waals surface area contributed by atoms with Gasteiger partial charge in [-0.05, 0) is 67.4 Å². The third-order valence-electron chi connectivity index (χ3n) is 7.41. The fraction of sp³-hybridized carbons (Fsp3) is 0.361. The van der Waals surface area contributed by atoms with Crippen molar-refractivity contribution >= 4 is 28.6 Å². The summed E-state index contributed by atoms with van der Waals surface area (Å²) in [5.74, 6) is 1.42. The smallest absolute Gasteiger partial charge is 0.254 e. The van der Waals surface area contributed by atoms with Crippen molar-refractivity contribution in [3.05, 3.63) is 89.9 Å². The number of ether oxygens (including phenoxy) is 1. The van der Waals surface area contributed by atoms with Gasteiger partial charge in [-0.25, -0.2) is 9.37 Å². The Kier molecular flexibility index (Phi) is 14.1. The van der Waals surface area contributed by atoms with E-state index in [-0.39, 0.29) is 17.7 Å². The van der Waals surface area contributed by atoms with Crippen molar-refractivity contribution in [1.29, 1.82) is 0 Å². The van der Waals surface area contributed by atoms with Gasteiger partial charge in [-0.15, -0.1) is 0 Å². The molecule has 0 radical (unpaired) electrons. The number of carbonyl (C=O) groups is 1. The van der Waals surface area contributed by atoms with Crippen LogP contribution in [0, 0.1) is 5.82 Å². The van der Waals surface area contributed by atoms with Crippen LogP contribution in [0.4, 0.5) is 10.1 Å². The number of benzene rings is 3. The van der Waals surface area contributed by atoms with Crippen molar-refractivity contribution in [1.82, 2.24) is 14.5 Å². The maximum absolute atomic E-state index is 13.4. The quantitative estimate of drug-likeness (QED) is 0.155. The molecule has 1 aliphatic heterocycles. The zero-order valence-corrected chi connectivity index (χ0v) is 28.2. The zero-order valence-electron chi connectivity index (χ0n) is 28.2. The number of fused-ring (bicyclic) bond motifs is 1. The highest BCUT2D eigenvalue weighted by Gasteiger charge is 2.24. The van der Waals surface area contributed by atoms with E-state index in [1.807, 2.05) is 74.2 Å². The highest BCUT2D eigenvalue weighted by atomic mass is 19.1. The van der Waals surface area contributed by atoms with Crippen LogP contribution < -0.4 is 26.8 Å². The second kappa shape index (κ2) is 18.2. The summed E-state index contributed by atoms with van der Waals surface area (Å²) in [5.41, 5.74) is 21.2. The predicted molar refractivity (Wildman–Crippen MR) is 191 cm³/mol. The van der Waals surface area contributed by atoms with Gasteiger partial charge >= 0.3 is 0 Å². The Bertz CT molecular complexity index is 1640. The minimum atomic E-state index is -0.251. The van der Waals surface area contributed by atoms with Crippen molar-refractivity contribution in [3.63, 3.8) is 0 Å². The Morgan fingerprint density at radius 2 is 1.68 bits per heavy atom. The molecular formula is C36H49FN8O2. The second-order valence-electron chi connectivity index (χ2n) is 10.7. The molecule has 0 bridgehead atoms. The van der Waals surface area contributed by atoms with Gasteiger partial charge in [0.15, 0.2) is 5.96 Å². The lowest BCUT2D eigenvalue weighted by Gasteiger charge is -2.36. The Labute approximate surface area is 277 Å². The number of aromatic nitrogens is 2. The van der Waals surface area contributed by atoms with Gasteiger partial charge in [-0.3, -0.25) is 9.79 Å². The van der Waals surface area contributed by atoms with Crippen LogP contribution in [0.5, 0.6) is 5.75 Å². The number of amides is 1. The first-order valence-corrected chi connectivity index (χ1v) is 16.2. The van der Waals surface area contributed by atoms with Gasteiger partial charge in [0, 0.05) is 55.2 Å². The van der Waals surface area contributed by atoms with E-state index in [4.69, 9.17) is 26.9 Å². The number of allylic oxidation sites excluding steroid dienone is 2. The first kappa shape index (κ1) is 36.4. The Hall–Kier alpha value is -5.06. The highest BCUT2D eigenvalue weighted by molar-refractivity contribution is 5.98. The maximum Gasteiger partial charge on any atom is 0.254 e. The van der Waals surface area contributed by atoms with E-state index < -0.39 is 0 Å². The number of hydrogen-bond acceptors (Lipinski definition) is 6. The lowest BCUT2D eigenvalue weighted by atomic mass is 10.1. The Morgan fingerprint density at radius 3 is 2.28 bits per heavy atom. The summed E-state index contributed by atoms with van der Waals surface area (Å²) >= 11 is 0. The molecule has 0 aliphatic carbocycles. The molecule has 10 nitrogen and oxygen atoms in total. The number of guanidine groups is 1. The summed E-state index contributed by atoms with van der Waals surface area (Å²) in [6, 6.07) is 19.9. The molecule has 252 valence electrons. The van der Waals surface area contributed by atoms with E-state index in [1.54, 1.807) is 19.2 Å². The van der Waals surface area contributed by atoms with Crippen molar-refractivity contribution in [3.8, 4) is 17.1 Å². The van der Waals surface area contributed by atoms with Crippen LogP contribution in [-0.4, -0.2) is 66.2 Å². The van der Waals surface area contributed by atoms with Gasteiger partial charge in [0.05, 0.1) is 24.7 Å². The van der Waals surface area contributed by atoms with Crippen LogP contribution >= 0.6 is 0 Å². The Morgan fingerprint density at radius 1 is 0.979 bits per heavy atom. The number of imidazole rings is 1. The van der Waals surface area contributed by atoms with Crippen LogP contribution in [0.3, 0.4) is 0 Å². The molecule has 11 heteroatoms. The number of aliphatic imine (C=N–C) groups is 1. The van der Waals surface area contributed by atoms with Gasteiger partial charge in [0.2, 0.25) is 0 Å². The molecule has 2 heterocycles. The predicted octanol–water partition coefficient (Wildman–Crippen LogP) is 5.76. The van der Waals surface area contributed by atoms with E-state index in [9.17, 15) is 9.18 Å². The molecule has 1 fully saturated rings. The molecule has 47 heavy (non-hydrogen) atoms. The fourth-order valence-corrected chi connectivity index (χ4v) is 5.16. The van der Waals surface area contributed by atoms with Crippen LogP contribution in [0.2, 0.25) is 0 Å². The van der Waals surface area contributed by atoms with Crippen LogP contribution in [0.25, 0.3) is 22.4 Å². The molecule has 1 aromatic heterocycles. The molecule has 5 rings (SSSR count). The lowest BCUT2D eigenvalue weighted by Crippen LogP contribution is -2.48. The van der Waals surface area contributed by atoms with Gasteiger partial charge in [-0.1, -0.05) is 45.9 Å². The summed E-state index contributed by atoms with van der Waals surface area (Å²) in [4.78, 5) is 26.1. The van der Waals surface area contributed by atoms with Gasteiger partial charge in [0.1, 0.15) is 17.4 Å². The van der Waals surface area contributed by atoms with Crippen molar-refractivity contribution < 1.29 is 13.9 Å². The molecule has 6 N–H and O–H groups in total. The molecule has 0 saturated carbocycles. The van der Waals surface area contributed by atoms with E-state index in [0.29, 0.717) is 38.3 Å². The largest absolute Gasteiger partial charge is 0.497 e. The molecule has 0 atom stereocenters.